The normalized spacial score (nSPS) is 11.6. The maximum atomic E-state index is 12.7. The molecule has 1 heterocycles. The van der Waals surface area contributed by atoms with Crippen molar-refractivity contribution >= 4 is 31.6 Å². The molecule has 0 amide bonds. The molecule has 2 rings (SSSR count). The fourth-order valence-electron chi connectivity index (χ4n) is 2.18. The number of nitrogens with one attached hydrogen (secondary N) is 2. The minimum absolute atomic E-state index is 0.199. The van der Waals surface area contributed by atoms with E-state index in [1.807, 2.05) is 6.07 Å². The van der Waals surface area contributed by atoms with Crippen molar-refractivity contribution in [2.75, 3.05) is 11.8 Å². The van der Waals surface area contributed by atoms with E-state index in [1.54, 1.807) is 39.1 Å². The summed E-state index contributed by atoms with van der Waals surface area (Å²) in [5.74, 6) is 0.992. The highest BCUT2D eigenvalue weighted by molar-refractivity contribution is 9.10. The standard InChI is InChI=1S/C14H17BrN2O3S/c1-9-11(8-16-3)14(10(2)20-9)21(18,19)17-13-7-5-4-6-12(13)15/h4-7,16-17H,8H2,1-3H3. The predicted molar refractivity (Wildman–Crippen MR) is 85.9 cm³/mol. The second kappa shape index (κ2) is 6.21. The van der Waals surface area contributed by atoms with E-state index in [0.717, 1.165) is 0 Å². The lowest BCUT2D eigenvalue weighted by atomic mass is 10.2. The van der Waals surface area contributed by atoms with Crippen molar-refractivity contribution in [1.29, 1.82) is 0 Å². The van der Waals surface area contributed by atoms with Gasteiger partial charge >= 0.3 is 0 Å². The van der Waals surface area contributed by atoms with Gasteiger partial charge in [-0.15, -0.1) is 0 Å². The van der Waals surface area contributed by atoms with Crippen LogP contribution in [0.4, 0.5) is 5.69 Å². The minimum Gasteiger partial charge on any atom is -0.465 e. The van der Waals surface area contributed by atoms with Gasteiger partial charge in [-0.1, -0.05) is 12.1 Å². The summed E-state index contributed by atoms with van der Waals surface area (Å²) in [7, 11) is -1.95. The summed E-state index contributed by atoms with van der Waals surface area (Å²) in [6, 6.07) is 7.06. The van der Waals surface area contributed by atoms with Crippen molar-refractivity contribution in [3.8, 4) is 0 Å². The Labute approximate surface area is 132 Å². The topological polar surface area (TPSA) is 71.3 Å². The molecule has 0 saturated carbocycles. The van der Waals surface area contributed by atoms with Crippen molar-refractivity contribution in [2.45, 2.75) is 25.3 Å². The first-order valence-electron chi connectivity index (χ1n) is 6.37. The van der Waals surface area contributed by atoms with Crippen LogP contribution in [0.2, 0.25) is 0 Å². The van der Waals surface area contributed by atoms with Crippen LogP contribution in [0.5, 0.6) is 0 Å². The lowest BCUT2D eigenvalue weighted by Gasteiger charge is -2.10. The molecule has 0 bridgehead atoms. The van der Waals surface area contributed by atoms with Crippen LogP contribution >= 0.6 is 15.9 Å². The number of rotatable bonds is 5. The molecule has 2 aromatic rings. The number of anilines is 1. The van der Waals surface area contributed by atoms with E-state index in [9.17, 15) is 8.42 Å². The molecule has 1 aromatic heterocycles. The average molecular weight is 373 g/mol. The van der Waals surface area contributed by atoms with Crippen molar-refractivity contribution in [3.63, 3.8) is 0 Å². The Morgan fingerprint density at radius 2 is 1.86 bits per heavy atom. The van der Waals surface area contributed by atoms with Crippen LogP contribution in [0, 0.1) is 13.8 Å². The van der Waals surface area contributed by atoms with Crippen molar-refractivity contribution < 1.29 is 12.8 Å². The maximum absolute atomic E-state index is 12.7. The van der Waals surface area contributed by atoms with Gasteiger partial charge in [-0.3, -0.25) is 4.72 Å². The second-order valence-electron chi connectivity index (χ2n) is 4.64. The Morgan fingerprint density at radius 3 is 2.48 bits per heavy atom. The van der Waals surface area contributed by atoms with Gasteiger partial charge in [0.15, 0.2) is 0 Å². The van der Waals surface area contributed by atoms with E-state index < -0.39 is 10.0 Å². The van der Waals surface area contributed by atoms with E-state index in [2.05, 4.69) is 26.0 Å². The molecule has 21 heavy (non-hydrogen) atoms. The highest BCUT2D eigenvalue weighted by Crippen LogP contribution is 2.30. The molecule has 0 aliphatic carbocycles. The Hall–Kier alpha value is -1.31. The molecular formula is C14H17BrN2O3S. The zero-order valence-corrected chi connectivity index (χ0v) is 14.4. The summed E-state index contributed by atoms with van der Waals surface area (Å²) in [6.45, 7) is 3.84. The van der Waals surface area contributed by atoms with Gasteiger partial charge in [0.25, 0.3) is 10.0 Å². The molecule has 0 fully saturated rings. The van der Waals surface area contributed by atoms with Crippen LogP contribution in [0.1, 0.15) is 17.1 Å². The molecule has 7 heteroatoms. The summed E-state index contributed by atoms with van der Waals surface area (Å²) < 4.78 is 34.1. The summed E-state index contributed by atoms with van der Waals surface area (Å²) in [5, 5.41) is 2.96. The Kier molecular flexibility index (Phi) is 4.75. The quantitative estimate of drug-likeness (QED) is 0.845. The molecule has 0 spiro atoms. The molecule has 0 aliphatic rings. The zero-order valence-electron chi connectivity index (χ0n) is 12.0. The molecule has 2 N–H and O–H groups in total. The summed E-state index contributed by atoms with van der Waals surface area (Å²) in [4.78, 5) is 0.199. The average Bonchev–Trinajstić information content (AvgIpc) is 2.68. The minimum atomic E-state index is -3.71. The van der Waals surface area contributed by atoms with E-state index >= 15 is 0 Å². The highest BCUT2D eigenvalue weighted by atomic mass is 79.9. The third kappa shape index (κ3) is 3.30. The maximum Gasteiger partial charge on any atom is 0.265 e. The van der Waals surface area contributed by atoms with Gasteiger partial charge < -0.3 is 9.73 Å². The number of hydrogen-bond acceptors (Lipinski definition) is 4. The Balaban J connectivity index is 2.48. The lowest BCUT2D eigenvalue weighted by Crippen LogP contribution is -2.17. The van der Waals surface area contributed by atoms with Gasteiger partial charge in [-0.05, 0) is 49.0 Å². The molecule has 0 atom stereocenters. The number of hydrogen-bond donors (Lipinski definition) is 2. The largest absolute Gasteiger partial charge is 0.465 e. The van der Waals surface area contributed by atoms with Crippen LogP contribution in [-0.2, 0) is 16.6 Å². The lowest BCUT2D eigenvalue weighted by molar-refractivity contribution is 0.494. The first kappa shape index (κ1) is 16.1. The molecule has 0 aliphatic heterocycles. The van der Waals surface area contributed by atoms with Crippen LogP contribution in [-0.4, -0.2) is 15.5 Å². The number of benzene rings is 1. The van der Waals surface area contributed by atoms with E-state index in [0.29, 0.717) is 33.8 Å². The molecule has 114 valence electrons. The second-order valence-corrected chi connectivity index (χ2v) is 7.11. The Morgan fingerprint density at radius 1 is 1.19 bits per heavy atom. The fourth-order valence-corrected chi connectivity index (χ4v) is 4.23. The molecule has 0 radical (unpaired) electrons. The van der Waals surface area contributed by atoms with Crippen LogP contribution in [0.15, 0.2) is 38.1 Å². The predicted octanol–water partition coefficient (Wildman–Crippen LogP) is 3.18. The van der Waals surface area contributed by atoms with Gasteiger partial charge in [0.2, 0.25) is 0 Å². The molecule has 1 aromatic carbocycles. The van der Waals surface area contributed by atoms with Gasteiger partial charge in [-0.25, -0.2) is 8.42 Å². The molecule has 0 saturated heterocycles. The first-order chi connectivity index (χ1) is 9.86. The highest BCUT2D eigenvalue weighted by Gasteiger charge is 2.27. The van der Waals surface area contributed by atoms with Crippen molar-refractivity contribution in [2.24, 2.45) is 0 Å². The summed E-state index contributed by atoms with van der Waals surface area (Å²) in [5.41, 5.74) is 1.14. The van der Waals surface area contributed by atoms with Gasteiger partial charge in [0, 0.05) is 16.6 Å². The molecular weight excluding hydrogens is 356 g/mol. The number of sulfonamides is 1. The first-order valence-corrected chi connectivity index (χ1v) is 8.65. The van der Waals surface area contributed by atoms with Gasteiger partial charge in [0.1, 0.15) is 16.4 Å². The summed E-state index contributed by atoms with van der Waals surface area (Å²) in [6.07, 6.45) is 0. The summed E-state index contributed by atoms with van der Waals surface area (Å²) >= 11 is 3.33. The van der Waals surface area contributed by atoms with Gasteiger partial charge in [-0.2, -0.15) is 0 Å². The van der Waals surface area contributed by atoms with Crippen molar-refractivity contribution in [1.82, 2.24) is 5.32 Å². The van der Waals surface area contributed by atoms with E-state index in [-0.39, 0.29) is 4.90 Å². The molecule has 0 unspecified atom stereocenters. The van der Waals surface area contributed by atoms with Gasteiger partial charge in [0.05, 0.1) is 5.69 Å². The van der Waals surface area contributed by atoms with E-state index in [1.165, 1.54) is 0 Å². The van der Waals surface area contributed by atoms with E-state index in [4.69, 9.17) is 4.42 Å². The van der Waals surface area contributed by atoms with Crippen LogP contribution in [0.3, 0.4) is 0 Å². The SMILES string of the molecule is CNCc1c(C)oc(C)c1S(=O)(=O)Nc1ccccc1Br. The number of aryl methyl sites for hydroxylation is 2. The zero-order chi connectivity index (χ0) is 15.6. The third-order valence-electron chi connectivity index (χ3n) is 3.07. The Bertz CT molecular complexity index is 754. The smallest absolute Gasteiger partial charge is 0.265 e. The van der Waals surface area contributed by atoms with Crippen LogP contribution < -0.4 is 10.0 Å². The molecule has 5 nitrogen and oxygen atoms in total. The monoisotopic (exact) mass is 372 g/mol. The number of halogens is 1. The number of para-hydroxylation sites is 1. The number of furan rings is 1. The van der Waals surface area contributed by atoms with Crippen LogP contribution in [0.25, 0.3) is 0 Å². The third-order valence-corrected chi connectivity index (χ3v) is 5.32. The van der Waals surface area contributed by atoms with Crippen molar-refractivity contribution in [3.05, 3.63) is 45.8 Å². The fraction of sp³-hybridized carbons (Fsp3) is 0.286.